The van der Waals surface area contributed by atoms with Gasteiger partial charge in [-0.25, -0.2) is 4.68 Å². The highest BCUT2D eigenvalue weighted by Gasteiger charge is 2.23. The fourth-order valence-electron chi connectivity index (χ4n) is 4.21. The molecule has 1 amide bonds. The summed E-state index contributed by atoms with van der Waals surface area (Å²) in [5.41, 5.74) is 3.16. The number of nitrogens with one attached hydrogen (secondary N) is 1. The second-order valence-electron chi connectivity index (χ2n) is 8.32. The van der Waals surface area contributed by atoms with E-state index in [0.717, 1.165) is 0 Å². The molecule has 5 rings (SSSR count). The van der Waals surface area contributed by atoms with Crippen LogP contribution in [0.1, 0.15) is 19.4 Å². The van der Waals surface area contributed by atoms with Crippen LogP contribution in [0.4, 0.5) is 5.69 Å². The standard InChI is InChI=1S/C26H21Cl2N7O3/c1-3-21(26(37)31-16-5-6-19-20(11-16)30-9-8-29-19)34-13-23(38-2)18(12-25(34)36)17-10-15(27)4-7-22(17)35-14-24(28)32-33-35/h4-14,21H,3H2,1-2H3,(H,31,37). The van der Waals surface area contributed by atoms with Crippen molar-refractivity contribution < 1.29 is 9.53 Å². The number of anilines is 1. The van der Waals surface area contributed by atoms with Crippen LogP contribution in [-0.4, -0.2) is 42.5 Å². The Kier molecular flexibility index (Phi) is 7.08. The maximum Gasteiger partial charge on any atom is 0.252 e. The van der Waals surface area contributed by atoms with Crippen LogP contribution in [0.2, 0.25) is 10.2 Å². The fraction of sp³-hybridized carbons (Fsp3) is 0.154. The molecule has 0 aliphatic rings. The van der Waals surface area contributed by atoms with Gasteiger partial charge in [0.2, 0.25) is 5.91 Å². The first-order chi connectivity index (χ1) is 18.4. The van der Waals surface area contributed by atoms with Crippen LogP contribution in [0.3, 0.4) is 0 Å². The van der Waals surface area contributed by atoms with Crippen LogP contribution >= 0.6 is 23.2 Å². The molecule has 38 heavy (non-hydrogen) atoms. The number of rotatable bonds is 7. The third-order valence-corrected chi connectivity index (χ3v) is 6.40. The molecule has 1 N–H and O–H groups in total. The van der Waals surface area contributed by atoms with Crippen LogP contribution in [0.25, 0.3) is 27.8 Å². The van der Waals surface area contributed by atoms with E-state index < -0.39 is 11.6 Å². The van der Waals surface area contributed by atoms with Crippen molar-refractivity contribution in [2.45, 2.75) is 19.4 Å². The lowest BCUT2D eigenvalue weighted by Gasteiger charge is -2.21. The Labute approximate surface area is 226 Å². The van der Waals surface area contributed by atoms with Crippen LogP contribution in [0.15, 0.2) is 72.0 Å². The normalized spacial score (nSPS) is 11.9. The van der Waals surface area contributed by atoms with Gasteiger partial charge in [-0.05, 0) is 42.8 Å². The van der Waals surface area contributed by atoms with Gasteiger partial charge in [-0.1, -0.05) is 35.3 Å². The Hall–Kier alpha value is -4.28. The molecule has 0 aliphatic carbocycles. The molecule has 0 aliphatic heterocycles. The number of amides is 1. The largest absolute Gasteiger partial charge is 0.495 e. The minimum Gasteiger partial charge on any atom is -0.495 e. The Morgan fingerprint density at radius 2 is 1.82 bits per heavy atom. The highest BCUT2D eigenvalue weighted by molar-refractivity contribution is 6.31. The monoisotopic (exact) mass is 549 g/mol. The predicted octanol–water partition coefficient (Wildman–Crippen LogP) is 4.94. The van der Waals surface area contributed by atoms with Gasteiger partial charge < -0.3 is 10.1 Å². The van der Waals surface area contributed by atoms with Crippen molar-refractivity contribution in [3.8, 4) is 22.6 Å². The van der Waals surface area contributed by atoms with Gasteiger partial charge in [0, 0.05) is 40.3 Å². The summed E-state index contributed by atoms with van der Waals surface area (Å²) >= 11 is 12.3. The zero-order valence-electron chi connectivity index (χ0n) is 20.3. The van der Waals surface area contributed by atoms with Crippen molar-refractivity contribution >= 4 is 45.8 Å². The number of halogens is 2. The quantitative estimate of drug-likeness (QED) is 0.305. The van der Waals surface area contributed by atoms with E-state index in [1.54, 1.807) is 48.8 Å². The highest BCUT2D eigenvalue weighted by atomic mass is 35.5. The Bertz CT molecular complexity index is 1720. The number of nitrogens with zero attached hydrogens (tertiary/aromatic N) is 6. The number of hydrogen-bond donors (Lipinski definition) is 1. The number of pyridine rings is 1. The first-order valence-corrected chi connectivity index (χ1v) is 12.3. The number of aromatic nitrogens is 6. The van der Waals surface area contributed by atoms with E-state index >= 15 is 0 Å². The van der Waals surface area contributed by atoms with Gasteiger partial charge in [0.25, 0.3) is 5.56 Å². The molecule has 10 nitrogen and oxygen atoms in total. The molecule has 3 aromatic heterocycles. The van der Waals surface area contributed by atoms with Crippen molar-refractivity contribution in [3.63, 3.8) is 0 Å². The number of benzene rings is 2. The number of ether oxygens (including phenoxy) is 1. The fourth-order valence-corrected chi connectivity index (χ4v) is 4.50. The predicted molar refractivity (Wildman–Crippen MR) is 145 cm³/mol. The average molecular weight is 550 g/mol. The third kappa shape index (κ3) is 4.96. The molecular formula is C26H21Cl2N7O3. The smallest absolute Gasteiger partial charge is 0.252 e. The Morgan fingerprint density at radius 1 is 1.03 bits per heavy atom. The van der Waals surface area contributed by atoms with E-state index in [9.17, 15) is 9.59 Å². The first kappa shape index (κ1) is 25.4. The molecule has 192 valence electrons. The van der Waals surface area contributed by atoms with Crippen LogP contribution in [-0.2, 0) is 4.79 Å². The van der Waals surface area contributed by atoms with Gasteiger partial charge in [-0.15, -0.1) is 5.10 Å². The van der Waals surface area contributed by atoms with Gasteiger partial charge in [0.15, 0.2) is 5.15 Å². The zero-order chi connectivity index (χ0) is 26.8. The maximum atomic E-state index is 13.4. The molecule has 1 unspecified atom stereocenters. The highest BCUT2D eigenvalue weighted by Crippen LogP contribution is 2.35. The summed E-state index contributed by atoms with van der Waals surface area (Å²) < 4.78 is 8.49. The summed E-state index contributed by atoms with van der Waals surface area (Å²) in [6.45, 7) is 1.83. The molecule has 2 aromatic carbocycles. The molecular weight excluding hydrogens is 529 g/mol. The zero-order valence-corrected chi connectivity index (χ0v) is 21.8. The number of carbonyl (C=O) groups is 1. The molecule has 0 radical (unpaired) electrons. The third-order valence-electron chi connectivity index (χ3n) is 5.99. The molecule has 0 saturated heterocycles. The molecule has 0 fully saturated rings. The minimum absolute atomic E-state index is 0.212. The molecule has 12 heteroatoms. The van der Waals surface area contributed by atoms with Crippen molar-refractivity contribution in [2.24, 2.45) is 0 Å². The number of methoxy groups -OCH3 is 1. The molecule has 0 spiro atoms. The molecule has 1 atom stereocenters. The second kappa shape index (κ2) is 10.6. The van der Waals surface area contributed by atoms with Gasteiger partial charge in [0.1, 0.15) is 11.8 Å². The first-order valence-electron chi connectivity index (χ1n) is 11.6. The molecule has 3 heterocycles. The summed E-state index contributed by atoms with van der Waals surface area (Å²) in [5, 5.41) is 11.4. The van der Waals surface area contributed by atoms with E-state index in [1.807, 2.05) is 6.92 Å². The molecule has 5 aromatic rings. The van der Waals surface area contributed by atoms with Gasteiger partial charge in [-0.3, -0.25) is 24.1 Å². The van der Waals surface area contributed by atoms with Gasteiger partial charge >= 0.3 is 0 Å². The lowest BCUT2D eigenvalue weighted by molar-refractivity contribution is -0.119. The summed E-state index contributed by atoms with van der Waals surface area (Å²) in [4.78, 5) is 35.2. The van der Waals surface area contributed by atoms with Gasteiger partial charge in [0.05, 0.1) is 36.2 Å². The van der Waals surface area contributed by atoms with E-state index in [-0.39, 0.29) is 11.1 Å². The van der Waals surface area contributed by atoms with Crippen LogP contribution in [0, 0.1) is 0 Å². The van der Waals surface area contributed by atoms with E-state index in [4.69, 9.17) is 27.9 Å². The minimum atomic E-state index is -0.795. The van der Waals surface area contributed by atoms with Crippen molar-refractivity contribution in [2.75, 3.05) is 12.4 Å². The second-order valence-corrected chi connectivity index (χ2v) is 9.15. The summed E-state index contributed by atoms with van der Waals surface area (Å²) in [6, 6.07) is 11.0. The summed E-state index contributed by atoms with van der Waals surface area (Å²) in [5.74, 6) is 0.0138. The number of fused-ring (bicyclic) bond motifs is 1. The number of carbonyl (C=O) groups excluding carboxylic acids is 1. The number of hydrogen-bond acceptors (Lipinski definition) is 7. The topological polar surface area (TPSA) is 117 Å². The lowest BCUT2D eigenvalue weighted by atomic mass is 10.0. The van der Waals surface area contributed by atoms with Gasteiger partial charge in [-0.2, -0.15) is 0 Å². The van der Waals surface area contributed by atoms with Crippen molar-refractivity contribution in [1.82, 2.24) is 29.5 Å². The summed E-state index contributed by atoms with van der Waals surface area (Å²) in [7, 11) is 1.49. The Balaban J connectivity index is 1.52. The van der Waals surface area contributed by atoms with E-state index in [0.29, 0.717) is 50.7 Å². The molecule has 0 saturated carbocycles. The SMILES string of the molecule is CCC(C(=O)Nc1ccc2nccnc2c1)n1cc(OC)c(-c2cc(Cl)ccc2-n2cc(Cl)nn2)cc1=O. The maximum absolute atomic E-state index is 13.4. The van der Waals surface area contributed by atoms with E-state index in [2.05, 4.69) is 25.6 Å². The van der Waals surface area contributed by atoms with Crippen LogP contribution < -0.4 is 15.6 Å². The van der Waals surface area contributed by atoms with Crippen molar-refractivity contribution in [1.29, 1.82) is 0 Å². The Morgan fingerprint density at radius 3 is 2.53 bits per heavy atom. The summed E-state index contributed by atoms with van der Waals surface area (Å²) in [6.07, 6.45) is 6.61. The van der Waals surface area contributed by atoms with E-state index in [1.165, 1.54) is 34.8 Å². The average Bonchev–Trinajstić information content (AvgIpc) is 3.35. The van der Waals surface area contributed by atoms with Crippen LogP contribution in [0.5, 0.6) is 5.75 Å². The lowest BCUT2D eigenvalue weighted by Crippen LogP contribution is -2.32. The molecule has 0 bridgehead atoms. The van der Waals surface area contributed by atoms with Crippen molar-refractivity contribution in [3.05, 3.63) is 87.8 Å².